The largest absolute Gasteiger partial charge is 0.455 e. The number of furan rings is 1. The van der Waals surface area contributed by atoms with Crippen LogP contribution in [0.15, 0.2) is 4.42 Å². The minimum Gasteiger partial charge on any atom is -0.455 e. The highest BCUT2D eigenvalue weighted by atomic mass is 35.5. The van der Waals surface area contributed by atoms with Gasteiger partial charge in [-0.25, -0.2) is 0 Å². The average Bonchev–Trinajstić information content (AvgIpc) is 2.85. The van der Waals surface area contributed by atoms with Crippen molar-refractivity contribution in [2.75, 3.05) is 13.1 Å². The van der Waals surface area contributed by atoms with E-state index in [1.807, 2.05) is 11.8 Å². The van der Waals surface area contributed by atoms with E-state index in [1.54, 1.807) is 0 Å². The molecule has 0 aromatic carbocycles. The number of halogens is 1. The van der Waals surface area contributed by atoms with Crippen LogP contribution in [0.2, 0.25) is 0 Å². The zero-order valence-electron chi connectivity index (χ0n) is 13.8. The van der Waals surface area contributed by atoms with Crippen molar-refractivity contribution in [3.63, 3.8) is 0 Å². The quantitative estimate of drug-likeness (QED) is 0.898. The topological polar surface area (TPSA) is 76.5 Å². The predicted molar refractivity (Wildman–Crippen MR) is 90.2 cm³/mol. The Morgan fingerprint density at radius 1 is 1.39 bits per heavy atom. The van der Waals surface area contributed by atoms with Crippen molar-refractivity contribution in [3.05, 3.63) is 22.6 Å². The normalized spacial score (nSPS) is 24.1. The molecule has 1 fully saturated rings. The van der Waals surface area contributed by atoms with Crippen LogP contribution >= 0.6 is 12.4 Å². The summed E-state index contributed by atoms with van der Waals surface area (Å²) in [6.07, 6.45) is 4.01. The first kappa shape index (κ1) is 18.0. The Morgan fingerprint density at radius 2 is 2.13 bits per heavy atom. The van der Waals surface area contributed by atoms with Crippen LogP contribution in [0.4, 0.5) is 0 Å². The molecule has 0 saturated carbocycles. The summed E-state index contributed by atoms with van der Waals surface area (Å²) in [5.41, 5.74) is 7.20. The van der Waals surface area contributed by atoms with E-state index in [2.05, 4.69) is 6.92 Å². The van der Waals surface area contributed by atoms with Crippen LogP contribution in [0, 0.1) is 12.8 Å². The van der Waals surface area contributed by atoms with E-state index in [4.69, 9.17) is 10.2 Å². The first-order valence-corrected chi connectivity index (χ1v) is 8.19. The summed E-state index contributed by atoms with van der Waals surface area (Å²) in [6, 6.07) is 0.0634. The zero-order chi connectivity index (χ0) is 15.9. The number of Topliss-reactive ketones (excluding diaryl/α,β-unsaturated/α-hetero) is 1. The molecular weight excluding hydrogens is 316 g/mol. The van der Waals surface area contributed by atoms with E-state index < -0.39 is 0 Å². The van der Waals surface area contributed by atoms with E-state index in [1.165, 1.54) is 0 Å². The molecule has 23 heavy (non-hydrogen) atoms. The third kappa shape index (κ3) is 3.17. The van der Waals surface area contributed by atoms with Crippen LogP contribution in [-0.4, -0.2) is 35.7 Å². The number of carbonyl (C=O) groups is 2. The maximum Gasteiger partial charge on any atom is 0.290 e. The Kier molecular flexibility index (Phi) is 5.53. The van der Waals surface area contributed by atoms with E-state index in [-0.39, 0.29) is 30.1 Å². The van der Waals surface area contributed by atoms with Crippen LogP contribution in [-0.2, 0) is 6.42 Å². The minimum atomic E-state index is -0.109. The number of amides is 1. The summed E-state index contributed by atoms with van der Waals surface area (Å²) in [5, 5.41) is 0. The molecule has 0 radical (unpaired) electrons. The molecule has 5 nitrogen and oxygen atoms in total. The van der Waals surface area contributed by atoms with Gasteiger partial charge in [0.2, 0.25) is 0 Å². The zero-order valence-corrected chi connectivity index (χ0v) is 14.6. The molecule has 2 N–H and O–H groups in total. The first-order chi connectivity index (χ1) is 10.5. The lowest BCUT2D eigenvalue weighted by Crippen LogP contribution is -2.49. The summed E-state index contributed by atoms with van der Waals surface area (Å²) in [4.78, 5) is 26.8. The highest BCUT2D eigenvalue weighted by Crippen LogP contribution is 2.31. The number of fused-ring (bicyclic) bond motifs is 1. The van der Waals surface area contributed by atoms with E-state index in [9.17, 15) is 9.59 Å². The predicted octanol–water partition coefficient (Wildman–Crippen LogP) is 2.73. The lowest BCUT2D eigenvalue weighted by atomic mass is 9.91. The van der Waals surface area contributed by atoms with E-state index >= 15 is 0 Å². The van der Waals surface area contributed by atoms with Crippen LogP contribution in [0.25, 0.3) is 0 Å². The number of carbonyl (C=O) groups excluding carboxylic acids is 2. The number of aryl methyl sites for hydroxylation is 1. The van der Waals surface area contributed by atoms with Crippen LogP contribution in [0.3, 0.4) is 0 Å². The molecule has 2 unspecified atom stereocenters. The number of likely N-dealkylation sites (tertiary alicyclic amines) is 1. The fourth-order valence-corrected chi connectivity index (χ4v) is 3.73. The van der Waals surface area contributed by atoms with Crippen molar-refractivity contribution in [3.8, 4) is 0 Å². The van der Waals surface area contributed by atoms with Crippen molar-refractivity contribution in [1.29, 1.82) is 0 Å². The summed E-state index contributed by atoms with van der Waals surface area (Å²) < 4.78 is 5.79. The minimum absolute atomic E-state index is 0. The van der Waals surface area contributed by atoms with Gasteiger partial charge in [0.05, 0.1) is 5.56 Å². The standard InChI is InChI=1S/C17H24N2O3.ClH/c1-10-6-7-19(12(8-10)9-18)17(21)16-11(2)15-13(20)4-3-5-14(15)22-16;/h10,12H,3-9,18H2,1-2H3;1H. The molecular formula is C17H25ClN2O3. The van der Waals surface area contributed by atoms with Gasteiger partial charge < -0.3 is 15.1 Å². The molecule has 1 aliphatic heterocycles. The summed E-state index contributed by atoms with van der Waals surface area (Å²) in [7, 11) is 0. The maximum absolute atomic E-state index is 12.9. The molecule has 1 aromatic heterocycles. The Balaban J connectivity index is 0.00000192. The lowest BCUT2D eigenvalue weighted by Gasteiger charge is -2.37. The fraction of sp³-hybridized carbons (Fsp3) is 0.647. The van der Waals surface area contributed by atoms with Gasteiger partial charge in [0.25, 0.3) is 5.91 Å². The molecule has 1 amide bonds. The van der Waals surface area contributed by atoms with Gasteiger partial charge in [0.15, 0.2) is 11.5 Å². The summed E-state index contributed by atoms with van der Waals surface area (Å²) in [5.74, 6) is 1.61. The van der Waals surface area contributed by atoms with Crippen LogP contribution in [0.1, 0.15) is 64.8 Å². The fourth-order valence-electron chi connectivity index (χ4n) is 3.73. The number of ketones is 1. The molecule has 0 spiro atoms. The van der Waals surface area contributed by atoms with Gasteiger partial charge in [0, 0.05) is 37.5 Å². The highest BCUT2D eigenvalue weighted by Gasteiger charge is 2.35. The van der Waals surface area contributed by atoms with Gasteiger partial charge in [-0.1, -0.05) is 6.92 Å². The molecule has 3 rings (SSSR count). The lowest BCUT2D eigenvalue weighted by molar-refractivity contribution is 0.0538. The third-order valence-corrected chi connectivity index (χ3v) is 5.01. The van der Waals surface area contributed by atoms with Crippen LogP contribution in [0.5, 0.6) is 0 Å². The second-order valence-corrected chi connectivity index (χ2v) is 6.65. The molecule has 0 bridgehead atoms. The molecule has 2 heterocycles. The van der Waals surface area contributed by atoms with Gasteiger partial charge in [0.1, 0.15) is 5.76 Å². The van der Waals surface area contributed by atoms with Crippen molar-refractivity contribution in [1.82, 2.24) is 4.90 Å². The number of hydrogen-bond acceptors (Lipinski definition) is 4. The molecule has 6 heteroatoms. The Hall–Kier alpha value is -1.33. The average molecular weight is 341 g/mol. The highest BCUT2D eigenvalue weighted by molar-refractivity contribution is 6.03. The molecule has 2 atom stereocenters. The second kappa shape index (κ2) is 7.05. The van der Waals surface area contributed by atoms with Gasteiger partial charge >= 0.3 is 0 Å². The van der Waals surface area contributed by atoms with Crippen molar-refractivity contribution >= 4 is 24.1 Å². The number of nitrogens with zero attached hydrogens (tertiary/aromatic N) is 1. The summed E-state index contributed by atoms with van der Waals surface area (Å²) >= 11 is 0. The number of rotatable bonds is 2. The summed E-state index contributed by atoms with van der Waals surface area (Å²) in [6.45, 7) is 5.19. The Labute approximate surface area is 143 Å². The second-order valence-electron chi connectivity index (χ2n) is 6.65. The van der Waals surface area contributed by atoms with Crippen LogP contribution < -0.4 is 5.73 Å². The molecule has 1 aliphatic carbocycles. The number of piperidine rings is 1. The van der Waals surface area contributed by atoms with E-state index in [0.717, 1.165) is 25.7 Å². The van der Waals surface area contributed by atoms with Crippen molar-refractivity contribution in [2.45, 2.75) is 52.0 Å². The van der Waals surface area contributed by atoms with E-state index in [0.29, 0.717) is 48.1 Å². The molecule has 128 valence electrons. The molecule has 2 aliphatic rings. The van der Waals surface area contributed by atoms with Crippen molar-refractivity contribution in [2.24, 2.45) is 11.7 Å². The smallest absolute Gasteiger partial charge is 0.290 e. The number of hydrogen-bond donors (Lipinski definition) is 1. The van der Waals surface area contributed by atoms with Gasteiger partial charge in [-0.3, -0.25) is 9.59 Å². The van der Waals surface area contributed by atoms with Gasteiger partial charge in [-0.05, 0) is 32.1 Å². The molecule has 1 aromatic rings. The SMILES string of the molecule is Cc1c(C(=O)N2CCC(C)CC2CN)oc2c1C(=O)CCC2.Cl. The van der Waals surface area contributed by atoms with Gasteiger partial charge in [-0.15, -0.1) is 12.4 Å². The Morgan fingerprint density at radius 3 is 2.78 bits per heavy atom. The third-order valence-electron chi connectivity index (χ3n) is 5.01. The Bertz CT molecular complexity index is 611. The first-order valence-electron chi connectivity index (χ1n) is 8.19. The van der Waals surface area contributed by atoms with Crippen molar-refractivity contribution < 1.29 is 14.0 Å². The number of nitrogens with two attached hydrogens (primary N) is 1. The maximum atomic E-state index is 12.9. The monoisotopic (exact) mass is 340 g/mol. The molecule has 1 saturated heterocycles. The van der Waals surface area contributed by atoms with Gasteiger partial charge in [-0.2, -0.15) is 0 Å².